The molecule has 11 heteroatoms. The van der Waals surface area contributed by atoms with Crippen LogP contribution in [-0.2, 0) is 25.6 Å². The first-order chi connectivity index (χ1) is 19.4. The lowest BCUT2D eigenvalue weighted by Gasteiger charge is -2.23. The van der Waals surface area contributed by atoms with Gasteiger partial charge in [-0.1, -0.05) is 6.07 Å². The number of rotatable bonds is 5. The van der Waals surface area contributed by atoms with Gasteiger partial charge in [0.15, 0.2) is 11.5 Å². The van der Waals surface area contributed by atoms with Crippen molar-refractivity contribution in [1.29, 1.82) is 0 Å². The molecule has 0 spiro atoms. The Morgan fingerprint density at radius 1 is 1.10 bits per heavy atom. The maximum Gasteiger partial charge on any atom is 0.251 e. The van der Waals surface area contributed by atoms with Crippen LogP contribution in [0.25, 0.3) is 0 Å². The van der Waals surface area contributed by atoms with Gasteiger partial charge in [0.2, 0.25) is 11.8 Å². The van der Waals surface area contributed by atoms with Crippen LogP contribution in [0.15, 0.2) is 36.4 Å². The molecule has 1 unspecified atom stereocenters. The smallest absolute Gasteiger partial charge is 0.251 e. The zero-order valence-corrected chi connectivity index (χ0v) is 22.7. The van der Waals surface area contributed by atoms with Crippen molar-refractivity contribution in [2.45, 2.75) is 44.8 Å². The standard InChI is InChI=1S/C29H36FN3O7/c1-37-26-16-20-10-11-25(26)40-24-8-2-7-23(30)22(24)17-32-27(34)9-3-13-33(14-5-12-31-29(20)36)28(35)19-38-18-21-6-4-15-39-21/h2,7-8,10-11,16,21H,3-6,9,12-15,17-19H2,1H3,(H,31,36)(H,32,34). The van der Waals surface area contributed by atoms with Crippen molar-refractivity contribution < 1.29 is 37.7 Å². The number of halogens is 1. The van der Waals surface area contributed by atoms with Gasteiger partial charge in [0.25, 0.3) is 5.91 Å². The quantitative estimate of drug-likeness (QED) is 0.580. The first kappa shape index (κ1) is 29.3. The Balaban J connectivity index is 1.47. The lowest BCUT2D eigenvalue weighted by molar-refractivity contribution is -0.137. The van der Waals surface area contributed by atoms with Gasteiger partial charge in [-0.15, -0.1) is 0 Å². The minimum Gasteiger partial charge on any atom is -0.493 e. The number of fused-ring (bicyclic) bond motifs is 13. The van der Waals surface area contributed by atoms with E-state index in [1.807, 2.05) is 0 Å². The van der Waals surface area contributed by atoms with E-state index >= 15 is 0 Å². The molecule has 3 aliphatic rings. The van der Waals surface area contributed by atoms with Gasteiger partial charge >= 0.3 is 0 Å². The third-order valence-corrected chi connectivity index (χ3v) is 6.81. The van der Waals surface area contributed by atoms with E-state index in [1.165, 1.54) is 19.2 Å². The van der Waals surface area contributed by atoms with E-state index in [9.17, 15) is 18.8 Å². The summed E-state index contributed by atoms with van der Waals surface area (Å²) in [5, 5.41) is 5.60. The highest BCUT2D eigenvalue weighted by Crippen LogP contribution is 2.34. The molecule has 2 aromatic carbocycles. The number of hydrogen-bond donors (Lipinski definition) is 2. The number of hydrogen-bond acceptors (Lipinski definition) is 7. The monoisotopic (exact) mass is 557 g/mol. The topological polar surface area (TPSA) is 115 Å². The third kappa shape index (κ3) is 8.15. The molecule has 10 nitrogen and oxygen atoms in total. The summed E-state index contributed by atoms with van der Waals surface area (Å²) in [6.07, 6.45) is 3.01. The van der Waals surface area contributed by atoms with Crippen molar-refractivity contribution in [1.82, 2.24) is 15.5 Å². The van der Waals surface area contributed by atoms with Gasteiger partial charge in [-0.2, -0.15) is 0 Å². The number of nitrogens with zero attached hydrogens (tertiary/aromatic N) is 1. The van der Waals surface area contributed by atoms with Crippen molar-refractivity contribution in [3.8, 4) is 17.2 Å². The predicted molar refractivity (Wildman–Crippen MR) is 144 cm³/mol. The van der Waals surface area contributed by atoms with Crippen molar-refractivity contribution in [3.63, 3.8) is 0 Å². The largest absolute Gasteiger partial charge is 0.493 e. The number of carbonyl (C=O) groups is 3. The highest BCUT2D eigenvalue weighted by molar-refractivity contribution is 5.94. The van der Waals surface area contributed by atoms with E-state index < -0.39 is 5.82 Å². The Morgan fingerprint density at radius 3 is 2.75 bits per heavy atom. The zero-order chi connectivity index (χ0) is 28.3. The van der Waals surface area contributed by atoms with Crippen LogP contribution in [0, 0.1) is 5.82 Å². The highest BCUT2D eigenvalue weighted by atomic mass is 19.1. The molecule has 3 heterocycles. The fourth-order valence-electron chi connectivity index (χ4n) is 4.60. The molecule has 0 aliphatic carbocycles. The van der Waals surface area contributed by atoms with Crippen LogP contribution in [-0.4, -0.2) is 75.3 Å². The average molecular weight is 558 g/mol. The van der Waals surface area contributed by atoms with Crippen LogP contribution in [0.3, 0.4) is 0 Å². The summed E-state index contributed by atoms with van der Waals surface area (Å²) in [4.78, 5) is 39.9. The molecule has 5 rings (SSSR count). The van der Waals surface area contributed by atoms with Crippen LogP contribution in [0.5, 0.6) is 17.2 Å². The van der Waals surface area contributed by atoms with Crippen molar-refractivity contribution in [2.24, 2.45) is 0 Å². The Morgan fingerprint density at radius 2 is 1.95 bits per heavy atom. The number of benzene rings is 2. The molecular weight excluding hydrogens is 521 g/mol. The van der Waals surface area contributed by atoms with Gasteiger partial charge in [0.1, 0.15) is 18.2 Å². The number of ether oxygens (including phenoxy) is 4. The maximum absolute atomic E-state index is 14.7. The van der Waals surface area contributed by atoms with Crippen LogP contribution in [0.4, 0.5) is 4.39 Å². The second-order valence-corrected chi connectivity index (χ2v) is 9.70. The zero-order valence-electron chi connectivity index (χ0n) is 22.7. The second kappa shape index (κ2) is 14.6. The summed E-state index contributed by atoms with van der Waals surface area (Å²) in [6.45, 7) is 1.98. The van der Waals surface area contributed by atoms with Crippen molar-refractivity contribution in [3.05, 3.63) is 53.3 Å². The molecule has 216 valence electrons. The lowest BCUT2D eigenvalue weighted by Crippen LogP contribution is -2.38. The molecule has 0 saturated carbocycles. The normalized spacial score (nSPS) is 18.9. The molecule has 3 aliphatic heterocycles. The fraction of sp³-hybridized carbons (Fsp3) is 0.483. The van der Waals surface area contributed by atoms with E-state index in [0.29, 0.717) is 62.8 Å². The SMILES string of the molecule is COc1cc2ccc1Oc1cccc(F)c1CNC(=O)CCCN(C(=O)COCC1CCCO1)CCCNC2=O. The fourth-order valence-corrected chi connectivity index (χ4v) is 4.60. The molecule has 0 radical (unpaired) electrons. The third-order valence-electron chi connectivity index (χ3n) is 6.81. The summed E-state index contributed by atoms with van der Waals surface area (Å²) in [6, 6.07) is 9.10. The Labute approximate surface area is 233 Å². The number of nitrogens with one attached hydrogen (secondary N) is 2. The molecule has 2 bridgehead atoms. The van der Waals surface area contributed by atoms with Gasteiger partial charge in [0, 0.05) is 50.3 Å². The molecular formula is C29H36FN3O7. The molecule has 0 aromatic heterocycles. The summed E-state index contributed by atoms with van der Waals surface area (Å²) in [5.41, 5.74) is 0.544. The van der Waals surface area contributed by atoms with Crippen molar-refractivity contribution >= 4 is 17.7 Å². The van der Waals surface area contributed by atoms with Gasteiger partial charge in [-0.3, -0.25) is 14.4 Å². The van der Waals surface area contributed by atoms with E-state index in [1.54, 1.807) is 29.2 Å². The summed E-state index contributed by atoms with van der Waals surface area (Å²) >= 11 is 0. The summed E-state index contributed by atoms with van der Waals surface area (Å²) in [5.74, 6) is -0.489. The molecule has 1 atom stereocenters. The van der Waals surface area contributed by atoms with Gasteiger partial charge in [-0.25, -0.2) is 4.39 Å². The van der Waals surface area contributed by atoms with E-state index in [2.05, 4.69) is 10.6 Å². The Kier molecular flexibility index (Phi) is 10.7. The van der Waals surface area contributed by atoms with Gasteiger partial charge < -0.3 is 34.5 Å². The van der Waals surface area contributed by atoms with Crippen LogP contribution in [0.2, 0.25) is 0 Å². The molecule has 1 saturated heterocycles. The first-order valence-electron chi connectivity index (χ1n) is 13.6. The minimum atomic E-state index is -0.529. The average Bonchev–Trinajstić information content (AvgIpc) is 3.47. The van der Waals surface area contributed by atoms with Crippen molar-refractivity contribution in [2.75, 3.05) is 46.6 Å². The molecule has 1 fully saturated rings. The van der Waals surface area contributed by atoms with E-state index in [4.69, 9.17) is 18.9 Å². The lowest BCUT2D eigenvalue weighted by atomic mass is 10.1. The maximum atomic E-state index is 14.7. The summed E-state index contributed by atoms with van der Waals surface area (Å²) in [7, 11) is 1.45. The molecule has 40 heavy (non-hydrogen) atoms. The van der Waals surface area contributed by atoms with Crippen LogP contribution >= 0.6 is 0 Å². The van der Waals surface area contributed by atoms with Crippen LogP contribution < -0.4 is 20.1 Å². The first-order valence-corrected chi connectivity index (χ1v) is 13.6. The van der Waals surface area contributed by atoms with E-state index in [0.717, 1.165) is 12.8 Å². The number of carbonyl (C=O) groups excluding carboxylic acids is 3. The number of methoxy groups -OCH3 is 1. The second-order valence-electron chi connectivity index (χ2n) is 9.70. The Hall–Kier alpha value is -3.70. The predicted octanol–water partition coefficient (Wildman–Crippen LogP) is 3.18. The van der Waals surface area contributed by atoms with Crippen LogP contribution in [0.1, 0.15) is 48.0 Å². The summed E-state index contributed by atoms with van der Waals surface area (Å²) < 4.78 is 37.2. The number of amides is 3. The molecule has 3 amide bonds. The van der Waals surface area contributed by atoms with Gasteiger partial charge in [0.05, 0.1) is 19.8 Å². The molecule has 2 N–H and O–H groups in total. The highest BCUT2D eigenvalue weighted by Gasteiger charge is 2.20. The van der Waals surface area contributed by atoms with Gasteiger partial charge in [-0.05, 0) is 56.0 Å². The van der Waals surface area contributed by atoms with E-state index in [-0.39, 0.29) is 54.7 Å². The Bertz CT molecular complexity index is 1190. The minimum absolute atomic E-state index is 0.0178. The molecule has 2 aromatic rings.